The molecule has 1 aromatic rings. The van der Waals surface area contributed by atoms with Crippen LogP contribution in [0.2, 0.25) is 0 Å². The molecule has 18 heavy (non-hydrogen) atoms. The van der Waals surface area contributed by atoms with Crippen molar-refractivity contribution in [2.24, 2.45) is 0 Å². The lowest BCUT2D eigenvalue weighted by Gasteiger charge is -2.19. The number of alkyl halides is 3. The van der Waals surface area contributed by atoms with Gasteiger partial charge in [-0.2, -0.15) is 13.2 Å². The third-order valence-electron chi connectivity index (χ3n) is 2.29. The molecule has 0 aliphatic carbocycles. The molecule has 1 rings (SSSR count). The predicted octanol–water partition coefficient (Wildman–Crippen LogP) is 2.92. The lowest BCUT2D eigenvalue weighted by atomic mass is 10.1. The van der Waals surface area contributed by atoms with Gasteiger partial charge in [-0.15, -0.1) is 0 Å². The number of halogens is 3. The van der Waals surface area contributed by atoms with Crippen LogP contribution in [0.15, 0.2) is 18.2 Å². The molecule has 1 atom stereocenters. The minimum absolute atomic E-state index is 0.131. The average molecular weight is 262 g/mol. The van der Waals surface area contributed by atoms with E-state index >= 15 is 0 Å². The van der Waals surface area contributed by atoms with Gasteiger partial charge in [0, 0.05) is 6.04 Å². The molecule has 0 aliphatic rings. The molecular weight excluding hydrogens is 249 g/mol. The van der Waals surface area contributed by atoms with Crippen LogP contribution in [0.1, 0.15) is 30.3 Å². The van der Waals surface area contributed by atoms with E-state index < -0.39 is 24.6 Å². The summed E-state index contributed by atoms with van der Waals surface area (Å²) in [6.45, 7) is 1.62. The van der Waals surface area contributed by atoms with E-state index in [2.05, 4.69) is 10.3 Å². The Labute approximate surface area is 102 Å². The number of carboxylic acid groups (broad SMARTS) is 1. The number of hydrogen-bond donors (Lipinski definition) is 2. The molecule has 0 amide bonds. The van der Waals surface area contributed by atoms with Gasteiger partial charge in [0.05, 0.1) is 6.42 Å². The van der Waals surface area contributed by atoms with Crippen molar-refractivity contribution in [2.45, 2.75) is 32.0 Å². The Hall–Kier alpha value is -1.79. The SMILES string of the molecule is CCC(CC(F)(F)F)Nc1cccc(C(=O)O)n1. The van der Waals surface area contributed by atoms with Crippen LogP contribution in [0.25, 0.3) is 0 Å². The van der Waals surface area contributed by atoms with Gasteiger partial charge in [-0.3, -0.25) is 0 Å². The second-order valence-electron chi connectivity index (χ2n) is 3.78. The van der Waals surface area contributed by atoms with Gasteiger partial charge in [-0.25, -0.2) is 9.78 Å². The molecule has 100 valence electrons. The number of aromatic carboxylic acids is 1. The van der Waals surface area contributed by atoms with Crippen LogP contribution >= 0.6 is 0 Å². The van der Waals surface area contributed by atoms with Gasteiger partial charge in [0.25, 0.3) is 0 Å². The number of nitrogens with one attached hydrogen (secondary N) is 1. The Bertz CT molecular complexity index is 421. The minimum Gasteiger partial charge on any atom is -0.477 e. The fourth-order valence-electron chi connectivity index (χ4n) is 1.42. The number of aromatic nitrogens is 1. The quantitative estimate of drug-likeness (QED) is 0.856. The Kier molecular flexibility index (Phi) is 4.52. The largest absolute Gasteiger partial charge is 0.477 e. The molecule has 1 unspecified atom stereocenters. The molecule has 1 heterocycles. The van der Waals surface area contributed by atoms with E-state index in [1.165, 1.54) is 18.2 Å². The Morgan fingerprint density at radius 2 is 2.17 bits per heavy atom. The molecule has 4 nitrogen and oxygen atoms in total. The first-order chi connectivity index (χ1) is 8.31. The summed E-state index contributed by atoms with van der Waals surface area (Å²) < 4.78 is 36.7. The molecule has 2 N–H and O–H groups in total. The van der Waals surface area contributed by atoms with E-state index in [9.17, 15) is 18.0 Å². The van der Waals surface area contributed by atoms with Gasteiger partial charge in [0.15, 0.2) is 5.69 Å². The van der Waals surface area contributed by atoms with E-state index in [1.807, 2.05) is 0 Å². The molecule has 1 aromatic heterocycles. The number of anilines is 1. The van der Waals surface area contributed by atoms with Crippen molar-refractivity contribution >= 4 is 11.8 Å². The average Bonchev–Trinajstić information content (AvgIpc) is 2.26. The molecule has 0 aromatic carbocycles. The number of carbonyl (C=O) groups is 1. The lowest BCUT2D eigenvalue weighted by Crippen LogP contribution is -2.26. The minimum atomic E-state index is -4.27. The highest BCUT2D eigenvalue weighted by molar-refractivity contribution is 5.85. The van der Waals surface area contributed by atoms with E-state index in [4.69, 9.17) is 5.11 Å². The fourth-order valence-corrected chi connectivity index (χ4v) is 1.42. The summed E-state index contributed by atoms with van der Waals surface area (Å²) in [5.74, 6) is -1.09. The number of carboxylic acids is 1. The normalized spacial score (nSPS) is 13.1. The zero-order valence-electron chi connectivity index (χ0n) is 9.66. The number of pyridine rings is 1. The molecule has 7 heteroatoms. The van der Waals surface area contributed by atoms with Gasteiger partial charge >= 0.3 is 12.1 Å². The highest BCUT2D eigenvalue weighted by Crippen LogP contribution is 2.24. The van der Waals surface area contributed by atoms with Crippen LogP contribution in [0.3, 0.4) is 0 Å². The van der Waals surface area contributed by atoms with Gasteiger partial charge in [-0.05, 0) is 18.6 Å². The van der Waals surface area contributed by atoms with Crippen molar-refractivity contribution in [3.05, 3.63) is 23.9 Å². The first kappa shape index (κ1) is 14.3. The highest BCUT2D eigenvalue weighted by atomic mass is 19.4. The summed E-state index contributed by atoms with van der Waals surface area (Å²) in [4.78, 5) is 14.4. The van der Waals surface area contributed by atoms with Crippen LogP contribution in [0.4, 0.5) is 19.0 Å². The van der Waals surface area contributed by atoms with Gasteiger partial charge in [0.1, 0.15) is 5.82 Å². The van der Waals surface area contributed by atoms with Crippen molar-refractivity contribution in [3.63, 3.8) is 0 Å². The van der Waals surface area contributed by atoms with Crippen LogP contribution in [-0.2, 0) is 0 Å². The van der Waals surface area contributed by atoms with E-state index in [1.54, 1.807) is 6.92 Å². The maximum Gasteiger partial charge on any atom is 0.391 e. The molecule has 0 radical (unpaired) electrons. The van der Waals surface area contributed by atoms with E-state index in [-0.39, 0.29) is 17.9 Å². The van der Waals surface area contributed by atoms with Crippen molar-refractivity contribution in [2.75, 3.05) is 5.32 Å². The van der Waals surface area contributed by atoms with Crippen molar-refractivity contribution in [1.29, 1.82) is 0 Å². The second kappa shape index (κ2) is 5.70. The second-order valence-corrected chi connectivity index (χ2v) is 3.78. The summed E-state index contributed by atoms with van der Waals surface area (Å²) in [5, 5.41) is 11.3. The number of hydrogen-bond acceptors (Lipinski definition) is 3. The Balaban J connectivity index is 2.76. The first-order valence-electron chi connectivity index (χ1n) is 5.35. The standard InChI is InChI=1S/C11H13F3N2O2/c1-2-7(6-11(12,13)14)15-9-5-3-4-8(16-9)10(17)18/h3-5,7H,2,6H2,1H3,(H,15,16)(H,17,18). The zero-order chi connectivity index (χ0) is 13.8. The summed E-state index contributed by atoms with van der Waals surface area (Å²) >= 11 is 0. The monoisotopic (exact) mass is 262 g/mol. The van der Waals surface area contributed by atoms with Crippen LogP contribution in [0, 0.1) is 0 Å². The lowest BCUT2D eigenvalue weighted by molar-refractivity contribution is -0.137. The molecule has 0 bridgehead atoms. The van der Waals surface area contributed by atoms with Gasteiger partial charge < -0.3 is 10.4 Å². The smallest absolute Gasteiger partial charge is 0.391 e. The predicted molar refractivity (Wildman–Crippen MR) is 59.6 cm³/mol. The molecule has 0 saturated heterocycles. The molecule has 0 saturated carbocycles. The third kappa shape index (κ3) is 4.60. The van der Waals surface area contributed by atoms with E-state index in [0.717, 1.165) is 0 Å². The van der Waals surface area contributed by atoms with Gasteiger partial charge in [0.2, 0.25) is 0 Å². The van der Waals surface area contributed by atoms with Gasteiger partial charge in [-0.1, -0.05) is 13.0 Å². The summed E-state index contributed by atoms with van der Waals surface area (Å²) in [6, 6.07) is 3.32. The van der Waals surface area contributed by atoms with Crippen molar-refractivity contribution in [3.8, 4) is 0 Å². The molecular formula is C11H13F3N2O2. The van der Waals surface area contributed by atoms with Crippen LogP contribution in [-0.4, -0.2) is 28.3 Å². The van der Waals surface area contributed by atoms with Crippen molar-refractivity contribution in [1.82, 2.24) is 4.98 Å². The maximum absolute atomic E-state index is 12.2. The zero-order valence-corrected chi connectivity index (χ0v) is 9.66. The fraction of sp³-hybridized carbons (Fsp3) is 0.455. The highest BCUT2D eigenvalue weighted by Gasteiger charge is 2.31. The van der Waals surface area contributed by atoms with E-state index in [0.29, 0.717) is 0 Å². The number of nitrogens with zero attached hydrogens (tertiary/aromatic N) is 1. The first-order valence-corrected chi connectivity index (χ1v) is 5.35. The maximum atomic E-state index is 12.2. The topological polar surface area (TPSA) is 62.2 Å². The summed E-state index contributed by atoms with van der Waals surface area (Å²) in [5.41, 5.74) is -0.207. The summed E-state index contributed by atoms with van der Waals surface area (Å²) in [7, 11) is 0. The Morgan fingerprint density at radius 1 is 1.50 bits per heavy atom. The number of rotatable bonds is 5. The molecule has 0 aliphatic heterocycles. The van der Waals surface area contributed by atoms with Crippen LogP contribution < -0.4 is 5.32 Å². The molecule has 0 fully saturated rings. The Morgan fingerprint density at radius 3 is 2.67 bits per heavy atom. The van der Waals surface area contributed by atoms with Crippen LogP contribution in [0.5, 0.6) is 0 Å². The third-order valence-corrected chi connectivity index (χ3v) is 2.29. The van der Waals surface area contributed by atoms with Crippen molar-refractivity contribution < 1.29 is 23.1 Å². The molecule has 0 spiro atoms. The summed E-state index contributed by atoms with van der Waals surface area (Å²) in [6.07, 6.45) is -4.99.